The summed E-state index contributed by atoms with van der Waals surface area (Å²) in [6.45, 7) is 4.13. The highest BCUT2D eigenvalue weighted by Gasteiger charge is 2.22. The summed E-state index contributed by atoms with van der Waals surface area (Å²) in [6.07, 6.45) is 1.82. The van der Waals surface area contributed by atoms with Crippen LogP contribution in [-0.4, -0.2) is 21.7 Å². The fourth-order valence-corrected chi connectivity index (χ4v) is 6.39. The number of aromatic nitrogens is 1. The van der Waals surface area contributed by atoms with Crippen molar-refractivity contribution < 1.29 is 9.90 Å². The van der Waals surface area contributed by atoms with Crippen LogP contribution in [-0.2, 0) is 5.54 Å². The van der Waals surface area contributed by atoms with Gasteiger partial charge in [0.2, 0.25) is 0 Å². The lowest BCUT2D eigenvalue weighted by atomic mass is 9.89. The number of phenolic OH excluding ortho intramolecular Hbond substituents is 1. The van der Waals surface area contributed by atoms with Gasteiger partial charge in [0.15, 0.2) is 5.75 Å². The molecule has 242 valence electrons. The van der Waals surface area contributed by atoms with E-state index in [0.29, 0.717) is 22.2 Å². The van der Waals surface area contributed by atoms with Crippen molar-refractivity contribution in [1.82, 2.24) is 10.4 Å². The molecule has 1 unspecified atom stereocenters. The van der Waals surface area contributed by atoms with E-state index in [1.54, 1.807) is 6.07 Å². The number of hydrogen-bond acceptors (Lipinski definition) is 6. The lowest BCUT2D eigenvalue weighted by Gasteiger charge is -2.24. The Hall–Kier alpha value is -6.12. The Labute approximate surface area is 284 Å². The molecule has 5 N–H and O–H groups in total. The summed E-state index contributed by atoms with van der Waals surface area (Å²) >= 11 is 0. The summed E-state index contributed by atoms with van der Waals surface area (Å²) < 4.78 is 0. The second kappa shape index (κ2) is 13.2. The van der Waals surface area contributed by atoms with Crippen molar-refractivity contribution in [2.75, 3.05) is 0 Å². The van der Waals surface area contributed by atoms with Gasteiger partial charge < -0.3 is 15.8 Å². The van der Waals surface area contributed by atoms with E-state index in [1.165, 1.54) is 0 Å². The summed E-state index contributed by atoms with van der Waals surface area (Å²) in [6, 6.07) is 40.5. The number of nitrogens with zero attached hydrogens (tertiary/aromatic N) is 3. The van der Waals surface area contributed by atoms with Gasteiger partial charge in [-0.3, -0.25) is 4.79 Å². The van der Waals surface area contributed by atoms with Gasteiger partial charge in [-0.2, -0.15) is 10.2 Å². The van der Waals surface area contributed by atoms with E-state index in [0.717, 1.165) is 51.3 Å². The summed E-state index contributed by atoms with van der Waals surface area (Å²) in [4.78, 5) is 17.3. The standard InChI is InChI=1S/C41H36N6O2/c1-3-24-41(2,42)29-19-21-30(22-20-29)44-46-38-35-28(18-23-32-31-16-10-11-17-34(31)43-37(32)35)25-33(39(38)48)40(49)47-45-36(26-12-6-4-7-13-26)27-14-8-5-9-15-27/h4-23,25,43,48H,3,24,42H2,1-2H3,(H,47,49)/b46-44-. The van der Waals surface area contributed by atoms with Crippen molar-refractivity contribution in [2.45, 2.75) is 32.2 Å². The van der Waals surface area contributed by atoms with Gasteiger partial charge in [-0.05, 0) is 48.6 Å². The number of aromatic amines is 1. The van der Waals surface area contributed by atoms with Gasteiger partial charge in [0.05, 0.1) is 22.5 Å². The van der Waals surface area contributed by atoms with Gasteiger partial charge in [0, 0.05) is 38.3 Å². The number of fused-ring (bicyclic) bond motifs is 5. The molecule has 8 nitrogen and oxygen atoms in total. The van der Waals surface area contributed by atoms with Crippen LogP contribution in [0.3, 0.4) is 0 Å². The summed E-state index contributed by atoms with van der Waals surface area (Å²) in [7, 11) is 0. The van der Waals surface area contributed by atoms with Crippen molar-refractivity contribution in [1.29, 1.82) is 0 Å². The van der Waals surface area contributed by atoms with E-state index in [-0.39, 0.29) is 17.0 Å². The SMILES string of the molecule is CCCC(C)(N)c1ccc(/N=N\c2c(O)c(C(=O)NN=C(c3ccccc3)c3ccccc3)cc3ccc4c5ccccc5[nH]c4c23)cc1. The van der Waals surface area contributed by atoms with Crippen LogP contribution in [0, 0.1) is 0 Å². The monoisotopic (exact) mass is 644 g/mol. The average Bonchev–Trinajstić information content (AvgIpc) is 3.51. The highest BCUT2D eigenvalue weighted by molar-refractivity contribution is 6.22. The second-order valence-corrected chi connectivity index (χ2v) is 12.4. The molecule has 0 saturated heterocycles. The third-order valence-corrected chi connectivity index (χ3v) is 8.90. The number of nitrogens with two attached hydrogens (primary N) is 1. The number of nitrogens with one attached hydrogen (secondary N) is 2. The molecule has 0 radical (unpaired) electrons. The molecule has 1 aromatic heterocycles. The zero-order valence-corrected chi connectivity index (χ0v) is 27.3. The first-order valence-electron chi connectivity index (χ1n) is 16.3. The quantitative estimate of drug-likeness (QED) is 0.0709. The Morgan fingerprint density at radius 2 is 1.47 bits per heavy atom. The highest BCUT2D eigenvalue weighted by atomic mass is 16.3. The number of H-pyrrole nitrogens is 1. The van der Waals surface area contributed by atoms with Crippen molar-refractivity contribution in [3.05, 3.63) is 150 Å². The number of amides is 1. The number of hydrazone groups is 1. The van der Waals surface area contributed by atoms with E-state index in [9.17, 15) is 9.90 Å². The van der Waals surface area contributed by atoms with Crippen LogP contribution < -0.4 is 11.2 Å². The van der Waals surface area contributed by atoms with Crippen molar-refractivity contribution in [3.63, 3.8) is 0 Å². The van der Waals surface area contributed by atoms with Gasteiger partial charge in [-0.25, -0.2) is 5.43 Å². The zero-order valence-electron chi connectivity index (χ0n) is 27.3. The number of azo groups is 1. The molecule has 7 rings (SSSR count). The first-order valence-corrected chi connectivity index (χ1v) is 16.3. The molecule has 0 saturated carbocycles. The lowest BCUT2D eigenvalue weighted by molar-refractivity contribution is 0.0952. The molecule has 0 aliphatic heterocycles. The highest BCUT2D eigenvalue weighted by Crippen LogP contribution is 2.44. The number of carbonyl (C=O) groups is 1. The number of hydrogen-bond donors (Lipinski definition) is 4. The van der Waals surface area contributed by atoms with Crippen LogP contribution in [0.4, 0.5) is 11.4 Å². The van der Waals surface area contributed by atoms with Gasteiger partial charge >= 0.3 is 0 Å². The number of carbonyl (C=O) groups excluding carboxylic acids is 1. The third kappa shape index (κ3) is 6.17. The molecule has 8 heteroatoms. The Kier molecular flexibility index (Phi) is 8.46. The van der Waals surface area contributed by atoms with E-state index in [4.69, 9.17) is 5.73 Å². The molecular weight excluding hydrogens is 608 g/mol. The molecule has 1 amide bonds. The van der Waals surface area contributed by atoms with Crippen LogP contribution in [0.25, 0.3) is 32.6 Å². The second-order valence-electron chi connectivity index (χ2n) is 12.4. The topological polar surface area (TPSA) is 128 Å². The largest absolute Gasteiger partial charge is 0.505 e. The Morgan fingerprint density at radius 1 is 0.816 bits per heavy atom. The van der Waals surface area contributed by atoms with Gasteiger partial charge in [-0.1, -0.05) is 116 Å². The molecule has 1 atom stereocenters. The van der Waals surface area contributed by atoms with E-state index in [2.05, 4.69) is 32.7 Å². The zero-order chi connectivity index (χ0) is 34.0. The number of aromatic hydroxyl groups is 1. The molecule has 0 bridgehead atoms. The Morgan fingerprint density at radius 3 is 2.14 bits per heavy atom. The molecule has 0 spiro atoms. The maximum atomic E-state index is 13.8. The minimum absolute atomic E-state index is 0.0231. The number of rotatable bonds is 9. The van der Waals surface area contributed by atoms with E-state index in [1.807, 2.05) is 128 Å². The Bertz CT molecular complexity index is 2320. The first kappa shape index (κ1) is 31.5. The molecule has 0 fully saturated rings. The van der Waals surface area contributed by atoms with E-state index < -0.39 is 11.4 Å². The van der Waals surface area contributed by atoms with Crippen LogP contribution in [0.5, 0.6) is 5.75 Å². The van der Waals surface area contributed by atoms with Crippen LogP contribution in [0.2, 0.25) is 0 Å². The third-order valence-electron chi connectivity index (χ3n) is 8.90. The average molecular weight is 645 g/mol. The fraction of sp³-hybridized carbons (Fsp3) is 0.122. The summed E-state index contributed by atoms with van der Waals surface area (Å²) in [5.74, 6) is -0.885. The number of para-hydroxylation sites is 1. The van der Waals surface area contributed by atoms with Crippen molar-refractivity contribution in [3.8, 4) is 5.75 Å². The van der Waals surface area contributed by atoms with Crippen LogP contribution in [0.15, 0.2) is 143 Å². The Balaban J connectivity index is 1.34. The van der Waals surface area contributed by atoms with E-state index >= 15 is 0 Å². The minimum atomic E-state index is -0.584. The van der Waals surface area contributed by atoms with Crippen molar-refractivity contribution in [2.24, 2.45) is 21.1 Å². The maximum absolute atomic E-state index is 13.8. The summed E-state index contributed by atoms with van der Waals surface area (Å²) in [5, 5.41) is 28.8. The first-order chi connectivity index (χ1) is 23.8. The van der Waals surface area contributed by atoms with Crippen LogP contribution >= 0.6 is 0 Å². The molecule has 7 aromatic rings. The summed E-state index contributed by atoms with van der Waals surface area (Å²) in [5.41, 5.74) is 14.6. The number of benzene rings is 6. The molecule has 0 aliphatic carbocycles. The van der Waals surface area contributed by atoms with Crippen LogP contribution in [0.1, 0.15) is 53.7 Å². The maximum Gasteiger partial charge on any atom is 0.275 e. The predicted molar refractivity (Wildman–Crippen MR) is 198 cm³/mol. The predicted octanol–water partition coefficient (Wildman–Crippen LogP) is 9.75. The molecule has 1 heterocycles. The fourth-order valence-electron chi connectivity index (χ4n) is 6.39. The van der Waals surface area contributed by atoms with Gasteiger partial charge in [0.25, 0.3) is 5.91 Å². The normalized spacial score (nSPS) is 12.8. The molecular formula is C41H36N6O2. The number of phenols is 1. The van der Waals surface area contributed by atoms with Gasteiger partial charge in [-0.15, -0.1) is 5.11 Å². The minimum Gasteiger partial charge on any atom is -0.505 e. The van der Waals surface area contributed by atoms with Crippen molar-refractivity contribution >= 4 is 55.6 Å². The molecule has 6 aromatic carbocycles. The lowest BCUT2D eigenvalue weighted by Crippen LogP contribution is -2.32. The smallest absolute Gasteiger partial charge is 0.275 e. The molecule has 49 heavy (non-hydrogen) atoms. The van der Waals surface area contributed by atoms with Gasteiger partial charge in [0.1, 0.15) is 5.69 Å². The molecule has 0 aliphatic rings.